The monoisotopic (exact) mass is 367 g/mol. The molecule has 0 N–H and O–H groups in total. The van der Waals surface area contributed by atoms with Crippen LogP contribution >= 0.6 is 22.9 Å². The van der Waals surface area contributed by atoms with Crippen LogP contribution < -0.4 is 4.74 Å². The number of thiophene rings is 1. The minimum Gasteiger partial charge on any atom is -0.497 e. The largest absolute Gasteiger partial charge is 0.497 e. The highest BCUT2D eigenvalue weighted by Crippen LogP contribution is 2.34. The summed E-state index contributed by atoms with van der Waals surface area (Å²) < 4.78 is 6.09. The van der Waals surface area contributed by atoms with Gasteiger partial charge in [-0.25, -0.2) is 0 Å². The van der Waals surface area contributed by atoms with Gasteiger partial charge in [-0.1, -0.05) is 23.7 Å². The summed E-state index contributed by atoms with van der Waals surface area (Å²) in [6.07, 6.45) is 1.60. The fourth-order valence-corrected chi connectivity index (χ4v) is 3.86. The molecule has 5 heteroatoms. The van der Waals surface area contributed by atoms with Crippen molar-refractivity contribution in [3.63, 3.8) is 0 Å². The lowest BCUT2D eigenvalue weighted by atomic mass is 10.0. The van der Waals surface area contributed by atoms with E-state index in [4.69, 9.17) is 16.3 Å². The lowest BCUT2D eigenvalue weighted by Crippen LogP contribution is -2.01. The van der Waals surface area contributed by atoms with Crippen molar-refractivity contribution in [2.75, 3.05) is 7.11 Å². The van der Waals surface area contributed by atoms with Gasteiger partial charge in [-0.15, -0.1) is 11.3 Å². The number of aryl methyl sites for hydroxylation is 1. The molecular formula is C20H14ClNO2S. The van der Waals surface area contributed by atoms with Gasteiger partial charge in [0.2, 0.25) is 5.78 Å². The first-order chi connectivity index (χ1) is 12.0. The zero-order chi connectivity index (χ0) is 18.0. The van der Waals surface area contributed by atoms with Gasteiger partial charge in [0, 0.05) is 9.72 Å². The van der Waals surface area contributed by atoms with Crippen molar-refractivity contribution >= 4 is 44.9 Å². The Morgan fingerprint density at radius 2 is 1.96 bits per heavy atom. The Hall–Kier alpha value is -2.61. The van der Waals surface area contributed by atoms with E-state index in [2.05, 4.69) is 0 Å². The number of hydrogen-bond acceptors (Lipinski definition) is 4. The molecule has 0 unspecified atom stereocenters. The Morgan fingerprint density at radius 3 is 2.60 bits per heavy atom. The predicted molar refractivity (Wildman–Crippen MR) is 102 cm³/mol. The number of ether oxygens (including phenoxy) is 1. The maximum Gasteiger partial charge on any atom is 0.213 e. The predicted octanol–water partition coefficient (Wildman–Crippen LogP) is 5.66. The first kappa shape index (κ1) is 17.2. The van der Waals surface area contributed by atoms with Gasteiger partial charge in [-0.2, -0.15) is 5.26 Å². The highest BCUT2D eigenvalue weighted by molar-refractivity contribution is 7.21. The highest BCUT2D eigenvalue weighted by Gasteiger charge is 2.19. The fourth-order valence-electron chi connectivity index (χ4n) is 2.55. The molecule has 3 rings (SSSR count). The van der Waals surface area contributed by atoms with E-state index >= 15 is 0 Å². The molecule has 0 spiro atoms. The Kier molecular flexibility index (Phi) is 4.89. The number of benzene rings is 2. The van der Waals surface area contributed by atoms with Gasteiger partial charge in [-0.3, -0.25) is 4.79 Å². The quantitative estimate of drug-likeness (QED) is 0.339. The molecule has 2 aromatic carbocycles. The third kappa shape index (κ3) is 3.43. The van der Waals surface area contributed by atoms with E-state index in [-0.39, 0.29) is 11.4 Å². The standard InChI is InChI=1S/C20H14ClNO2S/c1-12-17-10-15(21)5-8-18(17)25-20(12)19(23)14(11-22)9-13-3-6-16(24-2)7-4-13/h3-10H,1-2H3/b14-9+. The number of ketones is 1. The maximum atomic E-state index is 12.8. The molecule has 0 atom stereocenters. The van der Waals surface area contributed by atoms with Gasteiger partial charge in [0.15, 0.2) is 0 Å². The molecule has 1 aromatic heterocycles. The van der Waals surface area contributed by atoms with Gasteiger partial charge in [-0.05, 0) is 59.8 Å². The van der Waals surface area contributed by atoms with Gasteiger partial charge in [0.25, 0.3) is 0 Å². The third-order valence-electron chi connectivity index (χ3n) is 3.90. The Balaban J connectivity index is 2.01. The minimum absolute atomic E-state index is 0.103. The van der Waals surface area contributed by atoms with Crippen LogP contribution in [0.25, 0.3) is 16.2 Å². The average Bonchev–Trinajstić information content (AvgIpc) is 2.96. The molecular weight excluding hydrogens is 354 g/mol. The molecule has 124 valence electrons. The molecule has 3 aromatic rings. The zero-order valence-corrected chi connectivity index (χ0v) is 15.2. The van der Waals surface area contributed by atoms with Crippen LogP contribution in [0.2, 0.25) is 5.02 Å². The Bertz CT molecular complexity index is 1030. The number of carbonyl (C=O) groups is 1. The van der Waals surface area contributed by atoms with Crippen molar-refractivity contribution in [1.82, 2.24) is 0 Å². The van der Waals surface area contributed by atoms with E-state index in [1.54, 1.807) is 43.5 Å². The van der Waals surface area contributed by atoms with Crippen LogP contribution in [0.5, 0.6) is 5.75 Å². The summed E-state index contributed by atoms with van der Waals surface area (Å²) in [7, 11) is 1.59. The lowest BCUT2D eigenvalue weighted by molar-refractivity contribution is 0.104. The number of hydrogen-bond donors (Lipinski definition) is 0. The van der Waals surface area contributed by atoms with Crippen molar-refractivity contribution in [2.24, 2.45) is 0 Å². The summed E-state index contributed by atoms with van der Waals surface area (Å²) in [5.74, 6) is 0.451. The van der Waals surface area contributed by atoms with Crippen LogP contribution in [0.1, 0.15) is 20.8 Å². The third-order valence-corrected chi connectivity index (χ3v) is 5.40. The van der Waals surface area contributed by atoms with Gasteiger partial charge in [0.1, 0.15) is 17.4 Å². The molecule has 3 nitrogen and oxygen atoms in total. The van der Waals surface area contributed by atoms with Crippen LogP contribution in [-0.4, -0.2) is 12.9 Å². The maximum absolute atomic E-state index is 12.8. The number of Topliss-reactive ketones (excluding diaryl/α,β-unsaturated/α-hetero) is 1. The van der Waals surface area contributed by atoms with E-state index in [0.717, 1.165) is 27.0 Å². The number of carbonyl (C=O) groups excluding carboxylic acids is 1. The normalized spacial score (nSPS) is 11.4. The Labute approximate surface area is 154 Å². The number of methoxy groups -OCH3 is 1. The number of nitriles is 1. The molecule has 0 aliphatic rings. The molecule has 0 fully saturated rings. The first-order valence-electron chi connectivity index (χ1n) is 7.52. The van der Waals surface area contributed by atoms with Crippen LogP contribution in [0.4, 0.5) is 0 Å². The van der Waals surface area contributed by atoms with Crippen molar-refractivity contribution in [3.05, 3.63) is 69.1 Å². The number of fused-ring (bicyclic) bond motifs is 1. The second-order valence-corrected chi connectivity index (χ2v) is 6.96. The topological polar surface area (TPSA) is 50.1 Å². The molecule has 0 amide bonds. The molecule has 0 aliphatic heterocycles. The number of nitrogens with zero attached hydrogens (tertiary/aromatic N) is 1. The molecule has 0 saturated carbocycles. The average molecular weight is 368 g/mol. The van der Waals surface area contributed by atoms with E-state index in [9.17, 15) is 10.1 Å². The number of allylic oxidation sites excluding steroid dienone is 1. The van der Waals surface area contributed by atoms with Gasteiger partial charge >= 0.3 is 0 Å². The van der Waals surface area contributed by atoms with E-state index in [1.165, 1.54) is 11.3 Å². The van der Waals surface area contributed by atoms with Crippen LogP contribution in [0, 0.1) is 18.3 Å². The van der Waals surface area contributed by atoms with Crippen molar-refractivity contribution in [2.45, 2.75) is 6.92 Å². The van der Waals surface area contributed by atoms with Crippen LogP contribution in [-0.2, 0) is 0 Å². The first-order valence-corrected chi connectivity index (χ1v) is 8.72. The summed E-state index contributed by atoms with van der Waals surface area (Å²) in [6.45, 7) is 1.88. The lowest BCUT2D eigenvalue weighted by Gasteiger charge is -2.01. The van der Waals surface area contributed by atoms with Crippen molar-refractivity contribution in [3.8, 4) is 11.8 Å². The molecule has 25 heavy (non-hydrogen) atoms. The van der Waals surface area contributed by atoms with Gasteiger partial charge < -0.3 is 4.74 Å². The molecule has 0 aliphatic carbocycles. The smallest absolute Gasteiger partial charge is 0.213 e. The zero-order valence-electron chi connectivity index (χ0n) is 13.7. The molecule has 0 saturated heterocycles. The van der Waals surface area contributed by atoms with E-state index in [0.29, 0.717) is 9.90 Å². The van der Waals surface area contributed by atoms with E-state index in [1.807, 2.05) is 25.1 Å². The summed E-state index contributed by atoms with van der Waals surface area (Å²) >= 11 is 7.43. The number of rotatable bonds is 4. The summed E-state index contributed by atoms with van der Waals surface area (Å²) in [5, 5.41) is 11.0. The molecule has 0 radical (unpaired) electrons. The molecule has 1 heterocycles. The van der Waals surface area contributed by atoms with Crippen LogP contribution in [0.15, 0.2) is 48.0 Å². The summed E-state index contributed by atoms with van der Waals surface area (Å²) in [6, 6.07) is 14.8. The SMILES string of the molecule is COc1ccc(/C=C(\C#N)C(=O)c2sc3ccc(Cl)cc3c2C)cc1. The Morgan fingerprint density at radius 1 is 1.24 bits per heavy atom. The second kappa shape index (κ2) is 7.10. The second-order valence-electron chi connectivity index (χ2n) is 5.47. The minimum atomic E-state index is -0.270. The van der Waals surface area contributed by atoms with E-state index < -0.39 is 0 Å². The summed E-state index contributed by atoms with van der Waals surface area (Å²) in [4.78, 5) is 13.4. The van der Waals surface area contributed by atoms with Gasteiger partial charge in [0.05, 0.1) is 12.0 Å². The van der Waals surface area contributed by atoms with Crippen molar-refractivity contribution in [1.29, 1.82) is 5.26 Å². The number of halogens is 1. The summed E-state index contributed by atoms with van der Waals surface area (Å²) in [5.41, 5.74) is 1.72. The molecule has 0 bridgehead atoms. The van der Waals surface area contributed by atoms with Crippen LogP contribution in [0.3, 0.4) is 0 Å². The van der Waals surface area contributed by atoms with Crippen molar-refractivity contribution < 1.29 is 9.53 Å². The fraction of sp³-hybridized carbons (Fsp3) is 0.100. The highest BCUT2D eigenvalue weighted by atomic mass is 35.5.